The Morgan fingerprint density at radius 1 is 0.759 bits per heavy atom. The molecule has 12 heteroatoms. The molecule has 0 aliphatic heterocycles. The van der Waals surface area contributed by atoms with E-state index in [2.05, 4.69) is 0 Å². The molecule has 0 radical (unpaired) electrons. The van der Waals surface area contributed by atoms with E-state index in [4.69, 9.17) is 0 Å². The molecule has 0 heterocycles. The minimum atomic E-state index is -1.23. The molecular formula is C17H29Li3N2O7. The van der Waals surface area contributed by atoms with E-state index in [1.165, 1.54) is 0 Å². The van der Waals surface area contributed by atoms with Crippen LogP contribution in [0.15, 0.2) is 0 Å². The number of rotatable bonds is 17. The SMILES string of the molecule is CCCCC(O)CN(CCC(=O)[O-])CCN(CCC(=O)[O-])CCC(=O)[O-].[Li+].[Li+].[Li+]. The zero-order chi connectivity index (χ0) is 19.9. The third kappa shape index (κ3) is 24.2. The van der Waals surface area contributed by atoms with Crippen LogP contribution in [0, 0.1) is 0 Å². The predicted molar refractivity (Wildman–Crippen MR) is 87.3 cm³/mol. The summed E-state index contributed by atoms with van der Waals surface area (Å²) in [6, 6.07) is 0. The van der Waals surface area contributed by atoms with Crippen LogP contribution in [0.5, 0.6) is 0 Å². The van der Waals surface area contributed by atoms with Gasteiger partial charge in [-0.05, 0) is 25.7 Å². The fourth-order valence-electron chi connectivity index (χ4n) is 2.49. The maximum absolute atomic E-state index is 10.7. The molecule has 0 amide bonds. The molecule has 0 rings (SSSR count). The summed E-state index contributed by atoms with van der Waals surface area (Å²) in [7, 11) is 0. The molecule has 1 atom stereocenters. The molecule has 0 aliphatic carbocycles. The first-order chi connectivity index (χ1) is 12.2. The van der Waals surface area contributed by atoms with Gasteiger partial charge < -0.3 is 39.7 Å². The predicted octanol–water partition coefficient (Wildman–Crippen LogP) is -12.4. The number of hydrogen-bond donors (Lipinski definition) is 1. The summed E-state index contributed by atoms with van der Waals surface area (Å²) in [6.07, 6.45) is 1.18. The number of unbranched alkanes of at least 4 members (excludes halogenated alkanes) is 1. The molecule has 0 aromatic rings. The van der Waals surface area contributed by atoms with Crippen LogP contribution in [0.3, 0.4) is 0 Å². The van der Waals surface area contributed by atoms with Gasteiger partial charge in [0.25, 0.3) is 0 Å². The van der Waals surface area contributed by atoms with Gasteiger partial charge in [-0.15, -0.1) is 0 Å². The van der Waals surface area contributed by atoms with E-state index in [0.717, 1.165) is 12.8 Å². The van der Waals surface area contributed by atoms with Crippen molar-refractivity contribution in [2.24, 2.45) is 0 Å². The summed E-state index contributed by atoms with van der Waals surface area (Å²) in [4.78, 5) is 35.4. The molecule has 0 aromatic carbocycles. The van der Waals surface area contributed by atoms with Crippen molar-refractivity contribution < 1.29 is 91.4 Å². The maximum Gasteiger partial charge on any atom is 1.00 e. The fraction of sp³-hybridized carbons (Fsp3) is 0.824. The van der Waals surface area contributed by atoms with Gasteiger partial charge in [0, 0.05) is 57.2 Å². The molecular weight excluding hydrogens is 365 g/mol. The van der Waals surface area contributed by atoms with Crippen molar-refractivity contribution in [2.45, 2.75) is 51.6 Å². The Labute approximate surface area is 209 Å². The van der Waals surface area contributed by atoms with Crippen molar-refractivity contribution in [3.8, 4) is 0 Å². The molecule has 1 N–H and O–H groups in total. The Balaban J connectivity index is -0.00000104. The minimum Gasteiger partial charge on any atom is -0.550 e. The molecule has 0 aliphatic rings. The van der Waals surface area contributed by atoms with Gasteiger partial charge >= 0.3 is 56.6 Å². The zero-order valence-corrected chi connectivity index (χ0v) is 18.4. The second-order valence-corrected chi connectivity index (χ2v) is 6.30. The van der Waals surface area contributed by atoms with Crippen molar-refractivity contribution in [3.05, 3.63) is 0 Å². The molecule has 0 saturated carbocycles. The van der Waals surface area contributed by atoms with Gasteiger partial charge in [-0.1, -0.05) is 19.8 Å². The van der Waals surface area contributed by atoms with Crippen LogP contribution in [0.1, 0.15) is 45.4 Å². The van der Waals surface area contributed by atoms with Gasteiger partial charge in [0.1, 0.15) is 0 Å². The zero-order valence-electron chi connectivity index (χ0n) is 18.4. The summed E-state index contributed by atoms with van der Waals surface area (Å²) in [5, 5.41) is 42.0. The molecule has 0 fully saturated rings. The summed E-state index contributed by atoms with van der Waals surface area (Å²) in [5.41, 5.74) is 0. The Morgan fingerprint density at radius 3 is 1.52 bits per heavy atom. The van der Waals surface area contributed by atoms with Crippen molar-refractivity contribution >= 4 is 17.9 Å². The van der Waals surface area contributed by atoms with E-state index in [1.807, 2.05) is 6.92 Å². The van der Waals surface area contributed by atoms with Crippen LogP contribution in [-0.4, -0.2) is 78.2 Å². The standard InChI is InChI=1S/C17H32N2O7.3Li/c1-2-3-4-14(20)13-19(10-7-17(25)26)12-11-18(8-5-15(21)22)9-6-16(23)24;;;/h14,20H,2-13H2,1H3,(H,21,22)(H,23,24)(H,25,26);;;/q;3*+1/p-3. The summed E-state index contributed by atoms with van der Waals surface area (Å²) >= 11 is 0. The Kier molecular flexibility index (Phi) is 28.6. The number of hydrogen-bond acceptors (Lipinski definition) is 9. The maximum atomic E-state index is 10.7. The first-order valence-electron chi connectivity index (χ1n) is 8.96. The molecule has 0 aromatic heterocycles. The number of carboxylic acid groups (broad SMARTS) is 3. The Morgan fingerprint density at radius 2 is 1.14 bits per heavy atom. The quantitative estimate of drug-likeness (QED) is 0.238. The molecule has 152 valence electrons. The topological polar surface area (TPSA) is 147 Å². The average Bonchev–Trinajstić information content (AvgIpc) is 2.56. The number of aliphatic hydroxyl groups excluding tert-OH is 1. The second kappa shape index (κ2) is 22.8. The van der Waals surface area contributed by atoms with Gasteiger partial charge in [0.05, 0.1) is 6.10 Å². The monoisotopic (exact) mass is 394 g/mol. The van der Waals surface area contributed by atoms with E-state index in [9.17, 15) is 34.8 Å². The molecule has 0 bridgehead atoms. The van der Waals surface area contributed by atoms with Crippen molar-refractivity contribution in [2.75, 3.05) is 39.3 Å². The van der Waals surface area contributed by atoms with Crippen LogP contribution in [0.4, 0.5) is 0 Å². The third-order valence-electron chi connectivity index (χ3n) is 3.99. The number of aliphatic hydroxyl groups is 1. The first kappa shape index (κ1) is 36.5. The molecule has 0 saturated heterocycles. The normalized spacial score (nSPS) is 11.2. The van der Waals surface area contributed by atoms with Crippen LogP contribution >= 0.6 is 0 Å². The van der Waals surface area contributed by atoms with Crippen LogP contribution < -0.4 is 71.9 Å². The van der Waals surface area contributed by atoms with E-state index in [1.54, 1.807) is 9.80 Å². The summed E-state index contributed by atoms with van der Waals surface area (Å²) < 4.78 is 0. The van der Waals surface area contributed by atoms with Gasteiger partial charge in [-0.3, -0.25) is 4.90 Å². The molecule has 29 heavy (non-hydrogen) atoms. The molecule has 0 spiro atoms. The van der Waals surface area contributed by atoms with E-state index < -0.39 is 24.0 Å². The second-order valence-electron chi connectivity index (χ2n) is 6.30. The van der Waals surface area contributed by atoms with Crippen LogP contribution in [-0.2, 0) is 14.4 Å². The smallest absolute Gasteiger partial charge is 0.550 e. The van der Waals surface area contributed by atoms with E-state index in [0.29, 0.717) is 26.1 Å². The Hall–Kier alpha value is 0.0822. The van der Waals surface area contributed by atoms with Crippen LogP contribution in [0.2, 0.25) is 0 Å². The average molecular weight is 394 g/mol. The number of carbonyl (C=O) groups is 3. The largest absolute Gasteiger partial charge is 1.00 e. The minimum absolute atomic E-state index is 0. The number of carbonyl (C=O) groups excluding carboxylic acids is 3. The van der Waals surface area contributed by atoms with Gasteiger partial charge in [0.15, 0.2) is 0 Å². The summed E-state index contributed by atoms with van der Waals surface area (Å²) in [5.74, 6) is -3.65. The first-order valence-corrected chi connectivity index (χ1v) is 8.96. The van der Waals surface area contributed by atoms with Gasteiger partial charge in [-0.25, -0.2) is 0 Å². The number of carboxylic acids is 3. The third-order valence-corrected chi connectivity index (χ3v) is 3.99. The number of nitrogens with zero attached hydrogens (tertiary/aromatic N) is 2. The number of aliphatic carboxylic acids is 3. The molecule has 9 nitrogen and oxygen atoms in total. The fourth-order valence-corrected chi connectivity index (χ4v) is 2.49. The van der Waals surface area contributed by atoms with Crippen LogP contribution in [0.25, 0.3) is 0 Å². The van der Waals surface area contributed by atoms with E-state index in [-0.39, 0.29) is 95.5 Å². The molecule has 1 unspecified atom stereocenters. The van der Waals surface area contributed by atoms with E-state index >= 15 is 0 Å². The van der Waals surface area contributed by atoms with Gasteiger partial charge in [0.2, 0.25) is 0 Å². The van der Waals surface area contributed by atoms with Crippen molar-refractivity contribution in [1.82, 2.24) is 9.80 Å². The summed E-state index contributed by atoms with van der Waals surface area (Å²) in [6.45, 7) is 3.46. The Bertz CT molecular complexity index is 427. The van der Waals surface area contributed by atoms with Gasteiger partial charge in [-0.2, -0.15) is 0 Å². The van der Waals surface area contributed by atoms with Crippen molar-refractivity contribution in [1.29, 1.82) is 0 Å². The van der Waals surface area contributed by atoms with Crippen molar-refractivity contribution in [3.63, 3.8) is 0 Å².